The highest BCUT2D eigenvalue weighted by molar-refractivity contribution is 5.94. The summed E-state index contributed by atoms with van der Waals surface area (Å²) in [5.41, 5.74) is 3.74. The second-order valence-corrected chi connectivity index (χ2v) is 8.13. The Balaban J connectivity index is 1.90. The molecule has 1 aromatic heterocycles. The van der Waals surface area contributed by atoms with Gasteiger partial charge in [0.05, 0.1) is 18.8 Å². The average Bonchev–Trinajstić information content (AvgIpc) is 2.73. The number of carbonyl (C=O) groups excluding carboxylic acids is 1. The molecule has 0 aliphatic heterocycles. The van der Waals surface area contributed by atoms with E-state index in [1.54, 1.807) is 0 Å². The van der Waals surface area contributed by atoms with Crippen LogP contribution in [0, 0.1) is 6.92 Å². The van der Waals surface area contributed by atoms with E-state index in [1.807, 2.05) is 24.3 Å². The van der Waals surface area contributed by atoms with Crippen LogP contribution in [0.4, 0.5) is 0 Å². The van der Waals surface area contributed by atoms with Crippen LogP contribution in [-0.2, 0) is 5.41 Å². The molecule has 0 aliphatic carbocycles. The first-order valence-electron chi connectivity index (χ1n) is 10.1. The number of ketones is 1. The van der Waals surface area contributed by atoms with Crippen LogP contribution in [0.25, 0.3) is 0 Å². The van der Waals surface area contributed by atoms with Gasteiger partial charge < -0.3 is 14.6 Å². The summed E-state index contributed by atoms with van der Waals surface area (Å²) in [6, 6.07) is 16.2. The molecule has 0 aliphatic rings. The number of aliphatic hydroxyl groups excluding tert-OH is 1. The van der Waals surface area contributed by atoms with Crippen molar-refractivity contribution in [3.8, 4) is 17.6 Å². The largest absolute Gasteiger partial charge is 0.481 e. The summed E-state index contributed by atoms with van der Waals surface area (Å²) in [6.45, 7) is 9.33. The normalized spacial score (nSPS) is 12.4. The second-order valence-electron chi connectivity index (χ2n) is 8.13. The van der Waals surface area contributed by atoms with E-state index in [1.165, 1.54) is 32.1 Å². The number of hydrogen-bond acceptors (Lipinski definition) is 6. The number of carbonyl (C=O) groups is 1. The third kappa shape index (κ3) is 4.75. The molecular weight excluding hydrogens is 392 g/mol. The molecule has 0 spiro atoms. The zero-order chi connectivity index (χ0) is 22.8. The van der Waals surface area contributed by atoms with E-state index in [4.69, 9.17) is 9.47 Å². The van der Waals surface area contributed by atoms with Crippen LogP contribution in [-0.4, -0.2) is 28.0 Å². The fourth-order valence-corrected chi connectivity index (χ4v) is 3.46. The van der Waals surface area contributed by atoms with Gasteiger partial charge in [0, 0.05) is 12.3 Å². The maximum absolute atomic E-state index is 12.0. The summed E-state index contributed by atoms with van der Waals surface area (Å²) in [4.78, 5) is 20.5. The molecule has 31 heavy (non-hydrogen) atoms. The Labute approximate surface area is 182 Å². The number of hydrogen-bond donors (Lipinski definition) is 1. The molecule has 2 aromatic carbocycles. The lowest BCUT2D eigenvalue weighted by atomic mass is 9.78. The third-order valence-electron chi connectivity index (χ3n) is 5.39. The third-order valence-corrected chi connectivity index (χ3v) is 5.39. The summed E-state index contributed by atoms with van der Waals surface area (Å²) in [5, 5.41) is 10.0. The van der Waals surface area contributed by atoms with Crippen LogP contribution in [0.3, 0.4) is 0 Å². The van der Waals surface area contributed by atoms with Crippen molar-refractivity contribution < 1.29 is 19.4 Å². The van der Waals surface area contributed by atoms with Crippen LogP contribution in [0.15, 0.2) is 48.5 Å². The number of ether oxygens (including phenoxy) is 2. The lowest BCUT2D eigenvalue weighted by Gasteiger charge is -2.26. The Bertz CT molecular complexity index is 1070. The molecule has 1 heterocycles. The summed E-state index contributed by atoms with van der Waals surface area (Å²) in [5.74, 6) is 0.337. The summed E-state index contributed by atoms with van der Waals surface area (Å²) >= 11 is 0. The Morgan fingerprint density at radius 1 is 1.00 bits per heavy atom. The quantitative estimate of drug-likeness (QED) is 0.531. The predicted molar refractivity (Wildman–Crippen MR) is 119 cm³/mol. The fourth-order valence-electron chi connectivity index (χ4n) is 3.46. The van der Waals surface area contributed by atoms with Gasteiger partial charge in [-0.1, -0.05) is 55.8 Å². The van der Waals surface area contributed by atoms with Gasteiger partial charge in [0.2, 0.25) is 5.88 Å². The highest BCUT2D eigenvalue weighted by Crippen LogP contribution is 2.34. The first kappa shape index (κ1) is 22.4. The first-order chi connectivity index (χ1) is 14.6. The van der Waals surface area contributed by atoms with Crippen molar-refractivity contribution in [2.45, 2.75) is 46.1 Å². The minimum Gasteiger partial charge on any atom is -0.481 e. The van der Waals surface area contributed by atoms with E-state index in [0.29, 0.717) is 5.75 Å². The Kier molecular flexibility index (Phi) is 6.41. The lowest BCUT2D eigenvalue weighted by Crippen LogP contribution is -2.18. The minimum atomic E-state index is -0.953. The van der Waals surface area contributed by atoms with Crippen LogP contribution in [0.2, 0.25) is 0 Å². The Morgan fingerprint density at radius 3 is 2.03 bits per heavy atom. The monoisotopic (exact) mass is 420 g/mol. The lowest BCUT2D eigenvalue weighted by molar-refractivity contribution is 0.0998. The maximum Gasteiger partial charge on any atom is 0.325 e. The van der Waals surface area contributed by atoms with Crippen LogP contribution in [0.5, 0.6) is 17.6 Å². The maximum atomic E-state index is 12.0. The van der Waals surface area contributed by atoms with Crippen LogP contribution in [0.1, 0.15) is 66.5 Å². The molecule has 162 valence electrons. The van der Waals surface area contributed by atoms with E-state index in [2.05, 4.69) is 55.0 Å². The van der Waals surface area contributed by atoms with Crippen molar-refractivity contribution in [3.63, 3.8) is 0 Å². The molecule has 0 saturated heterocycles. The molecule has 0 saturated carbocycles. The topological polar surface area (TPSA) is 81.5 Å². The van der Waals surface area contributed by atoms with Crippen LogP contribution >= 0.6 is 0 Å². The van der Waals surface area contributed by atoms with E-state index in [-0.39, 0.29) is 34.3 Å². The first-order valence-corrected chi connectivity index (χ1v) is 10.1. The van der Waals surface area contributed by atoms with Crippen molar-refractivity contribution in [3.05, 3.63) is 76.5 Å². The van der Waals surface area contributed by atoms with Gasteiger partial charge >= 0.3 is 6.01 Å². The highest BCUT2D eigenvalue weighted by Gasteiger charge is 2.24. The zero-order valence-corrected chi connectivity index (χ0v) is 18.8. The molecular formula is C25H28N2O4. The van der Waals surface area contributed by atoms with Gasteiger partial charge in [-0.05, 0) is 37.1 Å². The van der Waals surface area contributed by atoms with Gasteiger partial charge in [0.1, 0.15) is 11.4 Å². The van der Waals surface area contributed by atoms with E-state index < -0.39 is 6.10 Å². The molecule has 1 N–H and O–H groups in total. The number of aromatic nitrogens is 2. The highest BCUT2D eigenvalue weighted by atomic mass is 16.5. The predicted octanol–water partition coefficient (Wildman–Crippen LogP) is 5.17. The number of Topliss-reactive ketones (excluding diaryl/α,β-unsaturated/α-hetero) is 1. The molecule has 3 aromatic rings. The van der Waals surface area contributed by atoms with Crippen molar-refractivity contribution in [1.82, 2.24) is 9.97 Å². The average molecular weight is 421 g/mol. The Morgan fingerprint density at radius 2 is 1.55 bits per heavy atom. The fraction of sp³-hybridized carbons (Fsp3) is 0.320. The smallest absolute Gasteiger partial charge is 0.325 e. The van der Waals surface area contributed by atoms with E-state index in [0.717, 1.165) is 5.56 Å². The van der Waals surface area contributed by atoms with Gasteiger partial charge in [-0.3, -0.25) is 4.79 Å². The SMILES string of the molecule is COc1nc(Oc2ccc(C(C)(C)c3ccc(C)cc3)cc2)nc(C(C)=O)c1C(C)O. The summed E-state index contributed by atoms with van der Waals surface area (Å²) in [6.07, 6.45) is -0.953. The molecule has 0 bridgehead atoms. The number of nitrogens with zero attached hydrogens (tertiary/aromatic N) is 2. The molecule has 0 radical (unpaired) electrons. The van der Waals surface area contributed by atoms with Gasteiger partial charge in [-0.15, -0.1) is 0 Å². The zero-order valence-electron chi connectivity index (χ0n) is 18.8. The standard InChI is InChI=1S/C25H28N2O4/c1-15-7-9-18(10-8-15)25(4,5)19-11-13-20(14-12-19)31-24-26-22(17(3)29)21(16(2)28)23(27-24)30-6/h7-14,16,28H,1-6H3. The molecule has 6 heteroatoms. The number of aliphatic hydroxyl groups is 1. The molecule has 3 rings (SSSR count). The molecule has 1 atom stereocenters. The summed E-state index contributed by atoms with van der Waals surface area (Å²) < 4.78 is 11.1. The molecule has 0 amide bonds. The van der Waals surface area contributed by atoms with Crippen molar-refractivity contribution in [1.29, 1.82) is 0 Å². The van der Waals surface area contributed by atoms with Gasteiger partial charge in [0.25, 0.3) is 0 Å². The number of rotatable bonds is 7. The second kappa shape index (κ2) is 8.86. The number of benzene rings is 2. The number of aryl methyl sites for hydroxylation is 1. The number of methoxy groups -OCH3 is 1. The van der Waals surface area contributed by atoms with Gasteiger partial charge in [0.15, 0.2) is 5.78 Å². The van der Waals surface area contributed by atoms with Gasteiger partial charge in [-0.25, -0.2) is 0 Å². The minimum absolute atomic E-state index is 0.0167. The van der Waals surface area contributed by atoms with Crippen molar-refractivity contribution >= 4 is 5.78 Å². The van der Waals surface area contributed by atoms with E-state index >= 15 is 0 Å². The molecule has 1 unspecified atom stereocenters. The van der Waals surface area contributed by atoms with Crippen molar-refractivity contribution in [2.75, 3.05) is 7.11 Å². The molecule has 0 fully saturated rings. The van der Waals surface area contributed by atoms with Gasteiger partial charge in [-0.2, -0.15) is 9.97 Å². The molecule has 6 nitrogen and oxygen atoms in total. The summed E-state index contributed by atoms with van der Waals surface area (Å²) in [7, 11) is 1.42. The van der Waals surface area contributed by atoms with Crippen LogP contribution < -0.4 is 9.47 Å². The van der Waals surface area contributed by atoms with Crippen molar-refractivity contribution in [2.24, 2.45) is 0 Å². The Hall–Kier alpha value is -3.25. The van der Waals surface area contributed by atoms with E-state index in [9.17, 15) is 9.90 Å².